The average molecular weight is 512 g/mol. The van der Waals surface area contributed by atoms with Crippen molar-refractivity contribution in [2.75, 3.05) is 30.5 Å². The van der Waals surface area contributed by atoms with Crippen molar-refractivity contribution in [3.05, 3.63) is 78.5 Å². The lowest BCUT2D eigenvalue weighted by atomic mass is 10.1. The number of carbonyl (C=O) groups excluding carboxylic acids is 2. The van der Waals surface area contributed by atoms with Crippen LogP contribution in [0.25, 0.3) is 10.9 Å². The summed E-state index contributed by atoms with van der Waals surface area (Å²) in [7, 11) is 1.57. The molecular formula is C28H25N5O5. The molecule has 0 saturated heterocycles. The number of anilines is 3. The highest BCUT2D eigenvalue weighted by Gasteiger charge is 2.17. The number of primary amides is 1. The van der Waals surface area contributed by atoms with Gasteiger partial charge in [-0.2, -0.15) is 5.26 Å². The van der Waals surface area contributed by atoms with Crippen molar-refractivity contribution >= 4 is 39.9 Å². The summed E-state index contributed by atoms with van der Waals surface area (Å²) in [5, 5.41) is 12.9. The Morgan fingerprint density at radius 1 is 1.03 bits per heavy atom. The van der Waals surface area contributed by atoms with Gasteiger partial charge >= 0.3 is 6.03 Å². The molecule has 0 atom stereocenters. The lowest BCUT2D eigenvalue weighted by Crippen LogP contribution is -2.31. The molecule has 38 heavy (non-hydrogen) atoms. The van der Waals surface area contributed by atoms with E-state index in [1.54, 1.807) is 80.0 Å². The zero-order valence-electron chi connectivity index (χ0n) is 20.8. The van der Waals surface area contributed by atoms with Crippen molar-refractivity contribution in [1.29, 1.82) is 5.26 Å². The number of hydrogen-bond acceptors (Lipinski definition) is 7. The lowest BCUT2D eigenvalue weighted by molar-refractivity contribution is -0.114. The molecule has 0 saturated carbocycles. The smallest absolute Gasteiger partial charge is 0.323 e. The van der Waals surface area contributed by atoms with Gasteiger partial charge in [-0.3, -0.25) is 14.7 Å². The van der Waals surface area contributed by atoms with E-state index in [-0.39, 0.29) is 5.91 Å². The molecule has 3 aromatic carbocycles. The van der Waals surface area contributed by atoms with Crippen LogP contribution in [0.5, 0.6) is 17.2 Å². The Bertz CT molecular complexity index is 1510. The maximum Gasteiger partial charge on any atom is 0.323 e. The first-order valence-corrected chi connectivity index (χ1v) is 11.6. The minimum absolute atomic E-state index is 0.227. The van der Waals surface area contributed by atoms with Gasteiger partial charge in [0.05, 0.1) is 29.1 Å². The first kappa shape index (κ1) is 25.9. The van der Waals surface area contributed by atoms with Gasteiger partial charge in [-0.25, -0.2) is 4.79 Å². The average Bonchev–Trinajstić information content (AvgIpc) is 2.89. The van der Waals surface area contributed by atoms with E-state index in [9.17, 15) is 14.9 Å². The molecule has 10 heteroatoms. The van der Waals surface area contributed by atoms with Crippen LogP contribution in [0.4, 0.5) is 21.9 Å². The minimum atomic E-state index is -0.689. The number of nitriles is 1. The third kappa shape index (κ3) is 5.98. The largest absolute Gasteiger partial charge is 0.490 e. The molecule has 1 heterocycles. The summed E-state index contributed by atoms with van der Waals surface area (Å²) < 4.78 is 16.8. The number of amides is 3. The Labute approximate surface area is 219 Å². The second-order valence-electron chi connectivity index (χ2n) is 8.13. The Morgan fingerprint density at radius 3 is 2.50 bits per heavy atom. The van der Waals surface area contributed by atoms with Crippen molar-refractivity contribution in [2.24, 2.45) is 5.73 Å². The third-order valence-corrected chi connectivity index (χ3v) is 5.44. The topological polar surface area (TPSA) is 140 Å². The second-order valence-corrected chi connectivity index (χ2v) is 8.13. The number of rotatable bonds is 9. The summed E-state index contributed by atoms with van der Waals surface area (Å²) in [6, 6.07) is 20.1. The normalized spacial score (nSPS) is 10.4. The number of methoxy groups -OCH3 is 1. The minimum Gasteiger partial charge on any atom is -0.490 e. The van der Waals surface area contributed by atoms with Crippen LogP contribution in [0, 0.1) is 11.3 Å². The molecule has 0 aliphatic carbocycles. The molecule has 0 unspecified atom stereocenters. The molecule has 10 nitrogen and oxygen atoms in total. The first-order chi connectivity index (χ1) is 18.4. The van der Waals surface area contributed by atoms with E-state index >= 15 is 0 Å². The Hall–Kier alpha value is -5.14. The Morgan fingerprint density at radius 2 is 1.82 bits per heavy atom. The molecule has 0 aliphatic heterocycles. The predicted octanol–water partition coefficient (Wildman–Crippen LogP) is 5.10. The van der Waals surface area contributed by atoms with Crippen LogP contribution in [0.15, 0.2) is 72.9 Å². The predicted molar refractivity (Wildman–Crippen MR) is 143 cm³/mol. The number of nitrogens with one attached hydrogen (secondary N) is 1. The molecule has 192 valence electrons. The van der Waals surface area contributed by atoms with Crippen LogP contribution < -0.4 is 25.4 Å². The number of fused-ring (bicyclic) bond motifs is 1. The zero-order chi connectivity index (χ0) is 27.1. The molecule has 0 bridgehead atoms. The van der Waals surface area contributed by atoms with Gasteiger partial charge in [-0.05, 0) is 54.6 Å². The van der Waals surface area contributed by atoms with E-state index in [4.69, 9.17) is 19.9 Å². The van der Waals surface area contributed by atoms with Crippen LogP contribution in [-0.4, -0.2) is 37.2 Å². The van der Waals surface area contributed by atoms with Crippen molar-refractivity contribution in [3.8, 4) is 23.3 Å². The maximum atomic E-state index is 12.3. The van der Waals surface area contributed by atoms with Crippen molar-refractivity contribution in [2.45, 2.75) is 6.92 Å². The number of nitrogens with zero attached hydrogens (tertiary/aromatic N) is 3. The number of pyridine rings is 1. The molecule has 1 aromatic heterocycles. The van der Waals surface area contributed by atoms with Crippen molar-refractivity contribution in [1.82, 2.24) is 4.98 Å². The highest BCUT2D eigenvalue weighted by molar-refractivity contribution is 5.99. The number of benzene rings is 3. The molecule has 0 radical (unpaired) electrons. The maximum absolute atomic E-state index is 12.3. The third-order valence-electron chi connectivity index (χ3n) is 5.44. The summed E-state index contributed by atoms with van der Waals surface area (Å²) in [4.78, 5) is 29.4. The van der Waals surface area contributed by atoms with E-state index in [0.29, 0.717) is 64.0 Å². The number of ether oxygens (including phenoxy) is 3. The van der Waals surface area contributed by atoms with E-state index in [0.717, 1.165) is 0 Å². The Kier molecular flexibility index (Phi) is 8.01. The summed E-state index contributed by atoms with van der Waals surface area (Å²) in [5.74, 6) is 1.18. The lowest BCUT2D eigenvalue weighted by Gasteiger charge is -2.21. The molecule has 0 fully saturated rings. The fourth-order valence-corrected chi connectivity index (χ4v) is 3.80. The Balaban J connectivity index is 1.60. The first-order valence-electron chi connectivity index (χ1n) is 11.6. The molecule has 4 rings (SSSR count). The SMILES string of the molecule is COCCOc1cc2nccc(Oc3ccc(N(C(N)=O)c4cccc(NC(C)=O)c4)cc3)c2cc1C#N. The highest BCUT2D eigenvalue weighted by Crippen LogP contribution is 2.34. The van der Waals surface area contributed by atoms with E-state index in [2.05, 4.69) is 16.4 Å². The summed E-state index contributed by atoms with van der Waals surface area (Å²) >= 11 is 0. The van der Waals surface area contributed by atoms with Gasteiger partial charge in [-0.1, -0.05) is 6.07 Å². The fraction of sp³-hybridized carbons (Fsp3) is 0.143. The summed E-state index contributed by atoms with van der Waals surface area (Å²) in [6.07, 6.45) is 1.61. The molecule has 3 N–H and O–H groups in total. The van der Waals surface area contributed by atoms with Crippen molar-refractivity contribution in [3.63, 3.8) is 0 Å². The van der Waals surface area contributed by atoms with Gasteiger partial charge in [0, 0.05) is 37.4 Å². The molecular weight excluding hydrogens is 486 g/mol. The van der Waals surface area contributed by atoms with E-state index < -0.39 is 6.03 Å². The van der Waals surface area contributed by atoms with Crippen molar-refractivity contribution < 1.29 is 23.8 Å². The second kappa shape index (κ2) is 11.7. The van der Waals surface area contributed by atoms with Gasteiger partial charge < -0.3 is 25.3 Å². The van der Waals surface area contributed by atoms with Crippen LogP contribution in [-0.2, 0) is 9.53 Å². The van der Waals surface area contributed by atoms with Gasteiger partial charge in [-0.15, -0.1) is 0 Å². The van der Waals surface area contributed by atoms with Crippen LogP contribution in [0.2, 0.25) is 0 Å². The summed E-state index contributed by atoms with van der Waals surface area (Å²) in [5.41, 5.74) is 8.16. The number of aromatic nitrogens is 1. The van der Waals surface area contributed by atoms with Gasteiger partial charge in [0.2, 0.25) is 5.91 Å². The molecule has 3 amide bonds. The molecule has 4 aromatic rings. The monoisotopic (exact) mass is 511 g/mol. The van der Waals surface area contributed by atoms with Gasteiger partial charge in [0.25, 0.3) is 0 Å². The zero-order valence-corrected chi connectivity index (χ0v) is 20.8. The number of carbonyl (C=O) groups is 2. The quantitative estimate of drug-likeness (QED) is 0.298. The van der Waals surface area contributed by atoms with Crippen LogP contribution in [0.1, 0.15) is 12.5 Å². The standard InChI is InChI=1S/C28H25N5O5/c1-18(34)32-20-4-3-5-22(15-20)33(28(30)35)21-6-8-23(9-7-21)38-26-10-11-31-25-16-27(37-13-12-36-2)19(17-29)14-24(25)26/h3-11,14-16H,12-13H2,1-2H3,(H2,30,35)(H,32,34). The number of hydrogen-bond donors (Lipinski definition) is 2. The fourth-order valence-electron chi connectivity index (χ4n) is 3.80. The van der Waals surface area contributed by atoms with E-state index in [1.165, 1.54) is 11.8 Å². The van der Waals surface area contributed by atoms with Crippen LogP contribution >= 0.6 is 0 Å². The van der Waals surface area contributed by atoms with Gasteiger partial charge in [0.1, 0.15) is 29.9 Å². The number of nitrogens with two attached hydrogens (primary N) is 1. The number of urea groups is 1. The highest BCUT2D eigenvalue weighted by atomic mass is 16.5. The molecule has 0 aliphatic rings. The van der Waals surface area contributed by atoms with Crippen LogP contribution in [0.3, 0.4) is 0 Å². The molecule has 0 spiro atoms. The van der Waals surface area contributed by atoms with Gasteiger partial charge in [0.15, 0.2) is 0 Å². The summed E-state index contributed by atoms with van der Waals surface area (Å²) in [6.45, 7) is 2.10. The van der Waals surface area contributed by atoms with E-state index in [1.807, 2.05) is 0 Å².